The van der Waals surface area contributed by atoms with Gasteiger partial charge in [0.15, 0.2) is 0 Å². The quantitative estimate of drug-likeness (QED) is 0.243. The zero-order chi connectivity index (χ0) is 22.1. The van der Waals surface area contributed by atoms with Gasteiger partial charge in [-0.3, -0.25) is 0 Å². The largest absolute Gasteiger partial charge is 0.492 e. The van der Waals surface area contributed by atoms with Crippen LogP contribution in [0.25, 0.3) is 0 Å². The van der Waals surface area contributed by atoms with Crippen LogP contribution in [0.4, 0.5) is 0 Å². The number of esters is 1. The van der Waals surface area contributed by atoms with Gasteiger partial charge in [0.1, 0.15) is 11.9 Å². The minimum atomic E-state index is -0.208. The van der Waals surface area contributed by atoms with Crippen molar-refractivity contribution in [3.8, 4) is 5.75 Å². The first-order valence-electron chi connectivity index (χ1n) is 12.7. The maximum absolute atomic E-state index is 12.7. The molecule has 31 heavy (non-hydrogen) atoms. The lowest BCUT2D eigenvalue weighted by Gasteiger charge is -2.37. The topological polar surface area (TPSA) is 35.5 Å². The number of benzene rings is 1. The fraction of sp³-hybridized carbons (Fsp3) is 0.741. The first kappa shape index (κ1) is 24.6. The molecule has 0 bridgehead atoms. The Balaban J connectivity index is 1.40. The average molecular weight is 494 g/mol. The van der Waals surface area contributed by atoms with Crippen LogP contribution in [-0.4, -0.2) is 18.7 Å². The van der Waals surface area contributed by atoms with Crippen LogP contribution in [0.1, 0.15) is 108 Å². The fourth-order valence-electron chi connectivity index (χ4n) is 5.41. The molecule has 4 heteroatoms. The summed E-state index contributed by atoms with van der Waals surface area (Å²) < 4.78 is 12.4. The zero-order valence-electron chi connectivity index (χ0n) is 19.5. The van der Waals surface area contributed by atoms with E-state index in [4.69, 9.17) is 9.47 Å². The molecule has 1 aromatic rings. The van der Waals surface area contributed by atoms with Crippen LogP contribution < -0.4 is 4.74 Å². The Morgan fingerprint density at radius 3 is 2.19 bits per heavy atom. The summed E-state index contributed by atoms with van der Waals surface area (Å²) in [5.41, 5.74) is 0.599. The van der Waals surface area contributed by atoms with Gasteiger partial charge in [-0.25, -0.2) is 4.79 Å². The first-order valence-corrected chi connectivity index (χ1v) is 13.5. The number of unbranched alkanes of at least 4 members (excludes halogenated alkanes) is 2. The standard InChI is InChI=1S/C27H41BrO3/c1-3-5-7-20-8-10-21(11-9-20)22-12-15-24(16-13-22)31-27(29)23-14-17-26(25(28)19-23)30-18-6-4-2/h14,17,19-22,24H,3-13,15-16,18H2,1-2H3. The van der Waals surface area contributed by atoms with Crippen molar-refractivity contribution in [2.24, 2.45) is 17.8 Å². The van der Waals surface area contributed by atoms with E-state index in [1.807, 2.05) is 18.2 Å². The van der Waals surface area contributed by atoms with Crippen LogP contribution in [0, 0.1) is 17.8 Å². The van der Waals surface area contributed by atoms with Crippen molar-refractivity contribution < 1.29 is 14.3 Å². The molecule has 0 radical (unpaired) electrons. The van der Waals surface area contributed by atoms with Crippen LogP contribution >= 0.6 is 15.9 Å². The van der Waals surface area contributed by atoms with E-state index >= 15 is 0 Å². The number of rotatable bonds is 10. The van der Waals surface area contributed by atoms with Crippen LogP contribution in [0.2, 0.25) is 0 Å². The predicted molar refractivity (Wildman–Crippen MR) is 131 cm³/mol. The molecule has 3 nitrogen and oxygen atoms in total. The summed E-state index contributed by atoms with van der Waals surface area (Å²) in [6, 6.07) is 5.51. The van der Waals surface area contributed by atoms with Gasteiger partial charge in [-0.15, -0.1) is 0 Å². The lowest BCUT2D eigenvalue weighted by atomic mass is 9.70. The van der Waals surface area contributed by atoms with Crippen LogP contribution in [0.5, 0.6) is 5.75 Å². The van der Waals surface area contributed by atoms with Gasteiger partial charge in [-0.1, -0.05) is 52.4 Å². The molecular weight excluding hydrogens is 452 g/mol. The number of hydrogen-bond acceptors (Lipinski definition) is 3. The lowest BCUT2D eigenvalue weighted by molar-refractivity contribution is 0.0109. The van der Waals surface area contributed by atoms with Gasteiger partial charge in [-0.05, 0) is 96.8 Å². The van der Waals surface area contributed by atoms with E-state index in [9.17, 15) is 4.79 Å². The second-order valence-electron chi connectivity index (χ2n) is 9.71. The van der Waals surface area contributed by atoms with Gasteiger partial charge in [0.25, 0.3) is 0 Å². The Morgan fingerprint density at radius 1 is 0.935 bits per heavy atom. The fourth-order valence-corrected chi connectivity index (χ4v) is 5.90. The van der Waals surface area contributed by atoms with Crippen molar-refractivity contribution in [3.05, 3.63) is 28.2 Å². The van der Waals surface area contributed by atoms with Crippen molar-refractivity contribution >= 4 is 21.9 Å². The van der Waals surface area contributed by atoms with Crippen molar-refractivity contribution in [2.75, 3.05) is 6.61 Å². The highest BCUT2D eigenvalue weighted by Gasteiger charge is 2.32. The van der Waals surface area contributed by atoms with Gasteiger partial charge in [-0.2, -0.15) is 0 Å². The molecule has 0 saturated heterocycles. The van der Waals surface area contributed by atoms with E-state index in [0.29, 0.717) is 12.2 Å². The molecular formula is C27H41BrO3. The summed E-state index contributed by atoms with van der Waals surface area (Å²) >= 11 is 3.53. The van der Waals surface area contributed by atoms with Gasteiger partial charge in [0.05, 0.1) is 16.6 Å². The normalized spacial score (nSPS) is 26.4. The van der Waals surface area contributed by atoms with E-state index in [1.54, 1.807) is 0 Å². The van der Waals surface area contributed by atoms with Gasteiger partial charge >= 0.3 is 5.97 Å². The van der Waals surface area contributed by atoms with E-state index in [-0.39, 0.29) is 12.1 Å². The molecule has 2 saturated carbocycles. The Hall–Kier alpha value is -1.03. The minimum Gasteiger partial charge on any atom is -0.492 e. The molecule has 0 N–H and O–H groups in total. The van der Waals surface area contributed by atoms with Crippen molar-refractivity contribution in [1.82, 2.24) is 0 Å². The third-order valence-corrected chi connectivity index (χ3v) is 8.06. The summed E-state index contributed by atoms with van der Waals surface area (Å²) in [5, 5.41) is 0. The lowest BCUT2D eigenvalue weighted by Crippen LogP contribution is -2.29. The summed E-state index contributed by atoms with van der Waals surface area (Å²) in [4.78, 5) is 12.7. The third-order valence-electron chi connectivity index (χ3n) is 7.44. The molecule has 0 aromatic heterocycles. The first-order chi connectivity index (χ1) is 15.1. The highest BCUT2D eigenvalue weighted by atomic mass is 79.9. The molecule has 2 aliphatic carbocycles. The molecule has 174 valence electrons. The predicted octanol–water partition coefficient (Wildman–Crippen LogP) is 8.34. The molecule has 0 spiro atoms. The van der Waals surface area contributed by atoms with Crippen LogP contribution in [0.3, 0.4) is 0 Å². The highest BCUT2D eigenvalue weighted by molar-refractivity contribution is 9.10. The Labute approximate surface area is 197 Å². The third kappa shape index (κ3) is 7.51. The monoisotopic (exact) mass is 492 g/mol. The minimum absolute atomic E-state index is 0.0731. The second-order valence-corrected chi connectivity index (χ2v) is 10.6. The SMILES string of the molecule is CCCCOc1ccc(C(=O)OC2CCC(C3CCC(CCCC)CC3)CC2)cc1Br. The molecule has 3 rings (SSSR count). The molecule has 0 atom stereocenters. The van der Waals surface area contributed by atoms with Crippen molar-refractivity contribution in [3.63, 3.8) is 0 Å². The molecule has 0 unspecified atom stereocenters. The van der Waals surface area contributed by atoms with E-state index in [2.05, 4.69) is 29.8 Å². The Bertz CT molecular complexity index is 673. The zero-order valence-corrected chi connectivity index (χ0v) is 21.1. The van der Waals surface area contributed by atoms with Crippen LogP contribution in [0.15, 0.2) is 22.7 Å². The molecule has 2 fully saturated rings. The smallest absolute Gasteiger partial charge is 0.338 e. The van der Waals surface area contributed by atoms with Crippen molar-refractivity contribution in [1.29, 1.82) is 0 Å². The molecule has 0 amide bonds. The Kier molecular flexibility index (Phi) is 10.2. The highest BCUT2D eigenvalue weighted by Crippen LogP contribution is 2.41. The van der Waals surface area contributed by atoms with E-state index in [1.165, 1.54) is 57.8 Å². The number of carbonyl (C=O) groups is 1. The number of hydrogen-bond donors (Lipinski definition) is 0. The molecule has 0 aliphatic heterocycles. The van der Waals surface area contributed by atoms with E-state index in [0.717, 1.165) is 53.7 Å². The summed E-state index contributed by atoms with van der Waals surface area (Å²) in [5.74, 6) is 3.31. The van der Waals surface area contributed by atoms with Gasteiger partial charge in [0, 0.05) is 0 Å². The second kappa shape index (κ2) is 12.9. The molecule has 1 aromatic carbocycles. The molecule has 0 heterocycles. The van der Waals surface area contributed by atoms with E-state index < -0.39 is 0 Å². The summed E-state index contributed by atoms with van der Waals surface area (Å²) in [6.45, 7) is 5.14. The number of halogens is 1. The maximum atomic E-state index is 12.7. The number of ether oxygens (including phenoxy) is 2. The van der Waals surface area contributed by atoms with Gasteiger partial charge < -0.3 is 9.47 Å². The summed E-state index contributed by atoms with van der Waals surface area (Å²) in [7, 11) is 0. The van der Waals surface area contributed by atoms with Crippen molar-refractivity contribution in [2.45, 2.75) is 103 Å². The van der Waals surface area contributed by atoms with Gasteiger partial charge in [0.2, 0.25) is 0 Å². The summed E-state index contributed by atoms with van der Waals surface area (Å²) in [6.07, 6.45) is 16.6. The Morgan fingerprint density at radius 2 is 1.58 bits per heavy atom. The molecule has 2 aliphatic rings. The average Bonchev–Trinajstić information content (AvgIpc) is 2.79. The van der Waals surface area contributed by atoms with Crippen LogP contribution in [-0.2, 0) is 4.74 Å². The maximum Gasteiger partial charge on any atom is 0.338 e. The number of carbonyl (C=O) groups excluding carboxylic acids is 1.